The number of hydrogen-bond acceptors (Lipinski definition) is 2. The predicted octanol–water partition coefficient (Wildman–Crippen LogP) is 2.92. The van der Waals surface area contributed by atoms with Crippen LogP contribution in [0.15, 0.2) is 54.6 Å². The monoisotopic (exact) mass is 365 g/mol. The Morgan fingerprint density at radius 1 is 0.852 bits per heavy atom. The minimum Gasteiger partial charge on any atom is -0.340 e. The summed E-state index contributed by atoms with van der Waals surface area (Å²) in [6.07, 6.45) is 0. The highest BCUT2D eigenvalue weighted by Crippen LogP contribution is 2.20. The van der Waals surface area contributed by atoms with Gasteiger partial charge in [-0.2, -0.15) is 0 Å². The molecule has 0 unspecified atom stereocenters. The molecule has 0 bridgehead atoms. The maximum atomic E-state index is 13.9. The van der Waals surface area contributed by atoms with E-state index in [0.29, 0.717) is 31.9 Å². The van der Waals surface area contributed by atoms with Gasteiger partial charge in [-0.05, 0) is 24.3 Å². The summed E-state index contributed by atoms with van der Waals surface area (Å²) in [4.78, 5) is 28.8. The lowest BCUT2D eigenvalue weighted by atomic mass is 10.1. The van der Waals surface area contributed by atoms with Gasteiger partial charge in [0.1, 0.15) is 11.5 Å². The van der Waals surface area contributed by atoms with Crippen LogP contribution >= 0.6 is 0 Å². The van der Waals surface area contributed by atoms with E-state index in [-0.39, 0.29) is 17.4 Å². The first-order valence-electron chi connectivity index (χ1n) is 8.94. The second-order valence-corrected chi connectivity index (χ2v) is 6.71. The third-order valence-electron chi connectivity index (χ3n) is 5.13. The molecule has 1 fully saturated rings. The fraction of sp³-hybridized carbons (Fsp3) is 0.238. The largest absolute Gasteiger partial charge is 0.340 e. The Bertz CT molecular complexity index is 1020. The molecular weight excluding hydrogens is 345 g/mol. The Labute approximate surface area is 156 Å². The summed E-state index contributed by atoms with van der Waals surface area (Å²) in [6.45, 7) is 1.65. The molecule has 0 atom stereocenters. The van der Waals surface area contributed by atoms with E-state index < -0.39 is 5.82 Å². The Kier molecular flexibility index (Phi) is 4.39. The smallest absolute Gasteiger partial charge is 0.270 e. The van der Waals surface area contributed by atoms with Gasteiger partial charge in [-0.15, -0.1) is 0 Å². The first-order chi connectivity index (χ1) is 13.1. The van der Waals surface area contributed by atoms with Gasteiger partial charge in [0.15, 0.2) is 0 Å². The van der Waals surface area contributed by atoms with Gasteiger partial charge < -0.3 is 14.4 Å². The van der Waals surface area contributed by atoms with Crippen LogP contribution in [-0.2, 0) is 7.05 Å². The molecule has 3 aromatic rings. The number of fused-ring (bicyclic) bond motifs is 1. The van der Waals surface area contributed by atoms with E-state index in [9.17, 15) is 14.0 Å². The van der Waals surface area contributed by atoms with Gasteiger partial charge in [-0.1, -0.05) is 30.3 Å². The highest BCUT2D eigenvalue weighted by molar-refractivity contribution is 5.99. The van der Waals surface area contributed by atoms with Crippen LogP contribution in [-0.4, -0.2) is 52.4 Å². The molecule has 4 rings (SSSR count). The number of nitrogens with zero attached hydrogens (tertiary/aromatic N) is 3. The Balaban J connectivity index is 1.47. The molecule has 2 amide bonds. The zero-order valence-corrected chi connectivity index (χ0v) is 15.1. The molecule has 0 spiro atoms. The van der Waals surface area contributed by atoms with Crippen LogP contribution in [0.2, 0.25) is 0 Å². The van der Waals surface area contributed by atoms with Gasteiger partial charge in [0, 0.05) is 44.1 Å². The minimum absolute atomic E-state index is 0.0494. The van der Waals surface area contributed by atoms with Gasteiger partial charge in [0.05, 0.1) is 5.56 Å². The van der Waals surface area contributed by atoms with Crippen molar-refractivity contribution in [1.82, 2.24) is 14.4 Å². The highest BCUT2D eigenvalue weighted by Gasteiger charge is 2.28. The maximum Gasteiger partial charge on any atom is 0.270 e. The molecule has 5 nitrogen and oxygen atoms in total. The van der Waals surface area contributed by atoms with Crippen molar-refractivity contribution in [2.45, 2.75) is 0 Å². The molecule has 0 radical (unpaired) electrons. The normalized spacial score (nSPS) is 14.6. The van der Waals surface area contributed by atoms with Crippen LogP contribution in [0.5, 0.6) is 0 Å². The van der Waals surface area contributed by atoms with Crippen LogP contribution in [0.3, 0.4) is 0 Å². The number of benzene rings is 2. The number of hydrogen-bond donors (Lipinski definition) is 0. The van der Waals surface area contributed by atoms with Crippen molar-refractivity contribution in [2.24, 2.45) is 7.05 Å². The van der Waals surface area contributed by atoms with Crippen molar-refractivity contribution in [3.8, 4) is 0 Å². The van der Waals surface area contributed by atoms with Crippen molar-refractivity contribution in [3.63, 3.8) is 0 Å². The van der Waals surface area contributed by atoms with Crippen LogP contribution in [0.25, 0.3) is 10.9 Å². The number of aromatic nitrogens is 1. The van der Waals surface area contributed by atoms with Gasteiger partial charge in [0.25, 0.3) is 11.8 Å². The summed E-state index contributed by atoms with van der Waals surface area (Å²) in [5.74, 6) is -0.895. The SMILES string of the molecule is Cn1c(C(=O)N2CCN(C(=O)c3ccccc3F)CC2)cc2ccccc21. The van der Waals surface area contributed by atoms with E-state index in [1.807, 2.05) is 41.9 Å². The summed E-state index contributed by atoms with van der Waals surface area (Å²) < 4.78 is 15.7. The predicted molar refractivity (Wildman–Crippen MR) is 101 cm³/mol. The maximum absolute atomic E-state index is 13.9. The Morgan fingerprint density at radius 3 is 2.11 bits per heavy atom. The standard InChI is InChI=1S/C21H20FN3O2/c1-23-18-9-5-2-6-15(18)14-19(23)21(27)25-12-10-24(11-13-25)20(26)16-7-3-4-8-17(16)22/h2-9,14H,10-13H2,1H3. The summed E-state index contributed by atoms with van der Waals surface area (Å²) >= 11 is 0. The number of para-hydroxylation sites is 1. The average Bonchev–Trinajstić information content (AvgIpc) is 3.04. The van der Waals surface area contributed by atoms with Crippen molar-refractivity contribution in [3.05, 3.63) is 71.7 Å². The summed E-state index contributed by atoms with van der Waals surface area (Å²) in [5, 5.41) is 1.02. The number of halogens is 1. The zero-order valence-electron chi connectivity index (χ0n) is 15.1. The molecule has 0 aliphatic carbocycles. The van der Waals surface area contributed by atoms with Gasteiger partial charge >= 0.3 is 0 Å². The molecule has 2 heterocycles. The van der Waals surface area contributed by atoms with Crippen molar-refractivity contribution < 1.29 is 14.0 Å². The quantitative estimate of drug-likeness (QED) is 0.701. The van der Waals surface area contributed by atoms with E-state index in [4.69, 9.17) is 0 Å². The van der Waals surface area contributed by atoms with Crippen molar-refractivity contribution >= 4 is 22.7 Å². The molecule has 27 heavy (non-hydrogen) atoms. The molecular formula is C21H20FN3O2. The Morgan fingerprint density at radius 2 is 1.44 bits per heavy atom. The number of aryl methyl sites for hydroxylation is 1. The van der Waals surface area contributed by atoms with Gasteiger partial charge in [0.2, 0.25) is 0 Å². The lowest BCUT2D eigenvalue weighted by Crippen LogP contribution is -2.51. The van der Waals surface area contributed by atoms with E-state index in [1.165, 1.54) is 12.1 Å². The molecule has 0 N–H and O–H groups in total. The van der Waals surface area contributed by atoms with Gasteiger partial charge in [-0.25, -0.2) is 4.39 Å². The van der Waals surface area contributed by atoms with Crippen LogP contribution in [0.4, 0.5) is 4.39 Å². The molecule has 138 valence electrons. The molecule has 0 saturated carbocycles. The number of carbonyl (C=O) groups excluding carboxylic acids is 2. The highest BCUT2D eigenvalue weighted by atomic mass is 19.1. The fourth-order valence-electron chi connectivity index (χ4n) is 3.57. The Hall–Kier alpha value is -3.15. The van der Waals surface area contributed by atoms with E-state index in [2.05, 4.69) is 0 Å². The van der Waals surface area contributed by atoms with Gasteiger partial charge in [-0.3, -0.25) is 9.59 Å². The number of carbonyl (C=O) groups is 2. The van der Waals surface area contributed by atoms with Crippen LogP contribution in [0.1, 0.15) is 20.8 Å². The average molecular weight is 365 g/mol. The second-order valence-electron chi connectivity index (χ2n) is 6.71. The summed E-state index contributed by atoms with van der Waals surface area (Å²) in [7, 11) is 1.88. The zero-order chi connectivity index (χ0) is 19.0. The first-order valence-corrected chi connectivity index (χ1v) is 8.94. The van der Waals surface area contributed by atoms with E-state index in [0.717, 1.165) is 10.9 Å². The fourth-order valence-corrected chi connectivity index (χ4v) is 3.57. The van der Waals surface area contributed by atoms with E-state index >= 15 is 0 Å². The minimum atomic E-state index is -0.517. The lowest BCUT2D eigenvalue weighted by molar-refractivity contribution is 0.0528. The number of rotatable bonds is 2. The van der Waals surface area contributed by atoms with E-state index in [1.54, 1.807) is 21.9 Å². The lowest BCUT2D eigenvalue weighted by Gasteiger charge is -2.34. The molecule has 1 saturated heterocycles. The second kappa shape index (κ2) is 6.87. The van der Waals surface area contributed by atoms with Crippen LogP contribution < -0.4 is 0 Å². The molecule has 1 aliphatic heterocycles. The number of piperazine rings is 1. The first kappa shape index (κ1) is 17.3. The van der Waals surface area contributed by atoms with Crippen molar-refractivity contribution in [1.29, 1.82) is 0 Å². The summed E-state index contributed by atoms with van der Waals surface area (Å²) in [5.41, 5.74) is 1.71. The third kappa shape index (κ3) is 3.07. The molecule has 6 heteroatoms. The van der Waals surface area contributed by atoms with Crippen molar-refractivity contribution in [2.75, 3.05) is 26.2 Å². The third-order valence-corrected chi connectivity index (χ3v) is 5.13. The number of amides is 2. The molecule has 1 aromatic heterocycles. The molecule has 1 aliphatic rings. The summed E-state index contributed by atoms with van der Waals surface area (Å²) in [6, 6.07) is 15.7. The molecule has 2 aromatic carbocycles. The topological polar surface area (TPSA) is 45.6 Å². The van der Waals surface area contributed by atoms with Crippen LogP contribution in [0, 0.1) is 5.82 Å².